The standard InChI is InChI=1S/C15H25NO2/c1-6-10(2)13-9-14(17-4)12(7-11(3)16)8-15(13)18-5/h8-11H,6-7,16H2,1-5H3/t10-,11+/m1/s1. The minimum atomic E-state index is 0.109. The van der Waals surface area contributed by atoms with Crippen LogP contribution in [0.3, 0.4) is 0 Å². The van der Waals surface area contributed by atoms with E-state index in [4.69, 9.17) is 15.2 Å². The van der Waals surface area contributed by atoms with Crippen LogP contribution in [0.1, 0.15) is 44.2 Å². The first kappa shape index (κ1) is 14.8. The summed E-state index contributed by atoms with van der Waals surface area (Å²) in [6.45, 7) is 6.36. The molecule has 3 heteroatoms. The molecule has 0 aliphatic carbocycles. The van der Waals surface area contributed by atoms with Crippen LogP contribution in [0.15, 0.2) is 12.1 Å². The predicted octanol–water partition coefficient (Wildman–Crippen LogP) is 3.11. The molecule has 0 bridgehead atoms. The van der Waals surface area contributed by atoms with Gasteiger partial charge in [0.15, 0.2) is 0 Å². The summed E-state index contributed by atoms with van der Waals surface area (Å²) in [5.41, 5.74) is 8.17. The smallest absolute Gasteiger partial charge is 0.122 e. The van der Waals surface area contributed by atoms with Gasteiger partial charge in [-0.2, -0.15) is 0 Å². The van der Waals surface area contributed by atoms with E-state index in [1.165, 1.54) is 5.56 Å². The van der Waals surface area contributed by atoms with Crippen LogP contribution in [-0.2, 0) is 6.42 Å². The monoisotopic (exact) mass is 251 g/mol. The fraction of sp³-hybridized carbons (Fsp3) is 0.600. The Bertz CT molecular complexity index is 388. The molecule has 0 aromatic heterocycles. The van der Waals surface area contributed by atoms with Gasteiger partial charge in [0.05, 0.1) is 14.2 Å². The van der Waals surface area contributed by atoms with Crippen LogP contribution in [0.5, 0.6) is 11.5 Å². The number of rotatable bonds is 6. The van der Waals surface area contributed by atoms with Crippen molar-refractivity contribution in [1.82, 2.24) is 0 Å². The fourth-order valence-corrected chi connectivity index (χ4v) is 2.10. The van der Waals surface area contributed by atoms with Gasteiger partial charge in [-0.3, -0.25) is 0 Å². The summed E-state index contributed by atoms with van der Waals surface area (Å²) in [6, 6.07) is 4.26. The number of ether oxygens (including phenoxy) is 2. The molecule has 0 aliphatic rings. The molecule has 0 unspecified atom stereocenters. The molecular formula is C15H25NO2. The summed E-state index contributed by atoms with van der Waals surface area (Å²) in [4.78, 5) is 0. The maximum absolute atomic E-state index is 5.87. The normalized spacial score (nSPS) is 14.1. The molecule has 0 aliphatic heterocycles. The lowest BCUT2D eigenvalue weighted by molar-refractivity contribution is 0.391. The van der Waals surface area contributed by atoms with E-state index in [-0.39, 0.29) is 6.04 Å². The van der Waals surface area contributed by atoms with E-state index in [1.54, 1.807) is 14.2 Å². The zero-order chi connectivity index (χ0) is 13.7. The Morgan fingerprint density at radius 3 is 2.17 bits per heavy atom. The van der Waals surface area contributed by atoms with Crippen molar-refractivity contribution < 1.29 is 9.47 Å². The molecule has 2 N–H and O–H groups in total. The Balaban J connectivity index is 3.23. The van der Waals surface area contributed by atoms with Gasteiger partial charge in [0.25, 0.3) is 0 Å². The lowest BCUT2D eigenvalue weighted by atomic mass is 9.94. The highest BCUT2D eigenvalue weighted by atomic mass is 16.5. The molecule has 0 saturated heterocycles. The van der Waals surface area contributed by atoms with Crippen LogP contribution in [-0.4, -0.2) is 20.3 Å². The van der Waals surface area contributed by atoms with Gasteiger partial charge in [-0.1, -0.05) is 13.8 Å². The molecule has 0 saturated carbocycles. The van der Waals surface area contributed by atoms with Crippen LogP contribution < -0.4 is 15.2 Å². The van der Waals surface area contributed by atoms with E-state index in [0.29, 0.717) is 5.92 Å². The van der Waals surface area contributed by atoms with Gasteiger partial charge in [-0.05, 0) is 43.4 Å². The van der Waals surface area contributed by atoms with Gasteiger partial charge >= 0.3 is 0 Å². The van der Waals surface area contributed by atoms with E-state index >= 15 is 0 Å². The van der Waals surface area contributed by atoms with Crippen LogP contribution >= 0.6 is 0 Å². The molecule has 0 fully saturated rings. The van der Waals surface area contributed by atoms with Gasteiger partial charge in [0.2, 0.25) is 0 Å². The highest BCUT2D eigenvalue weighted by molar-refractivity contribution is 5.48. The molecule has 102 valence electrons. The molecule has 18 heavy (non-hydrogen) atoms. The fourth-order valence-electron chi connectivity index (χ4n) is 2.10. The summed E-state index contributed by atoms with van der Waals surface area (Å²) in [5.74, 6) is 2.29. The number of methoxy groups -OCH3 is 2. The molecule has 0 radical (unpaired) electrons. The van der Waals surface area contributed by atoms with Crippen molar-refractivity contribution >= 4 is 0 Å². The van der Waals surface area contributed by atoms with E-state index in [0.717, 1.165) is 29.9 Å². The predicted molar refractivity (Wildman–Crippen MR) is 75.6 cm³/mol. The minimum Gasteiger partial charge on any atom is -0.496 e. The third-order valence-electron chi connectivity index (χ3n) is 3.32. The summed E-state index contributed by atoms with van der Waals surface area (Å²) >= 11 is 0. The van der Waals surface area contributed by atoms with Gasteiger partial charge in [-0.15, -0.1) is 0 Å². The molecule has 3 nitrogen and oxygen atoms in total. The van der Waals surface area contributed by atoms with Crippen molar-refractivity contribution in [2.75, 3.05) is 14.2 Å². The molecule has 1 aromatic carbocycles. The van der Waals surface area contributed by atoms with Crippen molar-refractivity contribution in [2.45, 2.75) is 45.6 Å². The Labute approximate surface area is 110 Å². The first-order valence-electron chi connectivity index (χ1n) is 6.53. The highest BCUT2D eigenvalue weighted by Crippen LogP contribution is 2.35. The lowest BCUT2D eigenvalue weighted by Crippen LogP contribution is -2.18. The molecule has 0 amide bonds. The van der Waals surface area contributed by atoms with Gasteiger partial charge in [-0.25, -0.2) is 0 Å². The Hall–Kier alpha value is -1.22. The number of benzene rings is 1. The Morgan fingerprint density at radius 1 is 1.11 bits per heavy atom. The molecule has 2 atom stereocenters. The van der Waals surface area contributed by atoms with E-state index in [9.17, 15) is 0 Å². The minimum absolute atomic E-state index is 0.109. The maximum Gasteiger partial charge on any atom is 0.122 e. The van der Waals surface area contributed by atoms with E-state index < -0.39 is 0 Å². The maximum atomic E-state index is 5.87. The van der Waals surface area contributed by atoms with Crippen molar-refractivity contribution in [2.24, 2.45) is 5.73 Å². The number of hydrogen-bond donors (Lipinski definition) is 1. The molecule has 0 heterocycles. The van der Waals surface area contributed by atoms with Crippen LogP contribution in [0.4, 0.5) is 0 Å². The summed E-state index contributed by atoms with van der Waals surface area (Å²) in [5, 5.41) is 0. The zero-order valence-electron chi connectivity index (χ0n) is 12.1. The Kier molecular flexibility index (Phi) is 5.48. The second-order valence-corrected chi connectivity index (χ2v) is 4.90. The second-order valence-electron chi connectivity index (χ2n) is 4.90. The summed E-state index contributed by atoms with van der Waals surface area (Å²) in [7, 11) is 3.41. The van der Waals surface area contributed by atoms with E-state index in [1.807, 2.05) is 6.92 Å². The lowest BCUT2D eigenvalue weighted by Gasteiger charge is -2.19. The van der Waals surface area contributed by atoms with Gasteiger partial charge in [0, 0.05) is 11.6 Å². The highest BCUT2D eigenvalue weighted by Gasteiger charge is 2.15. The van der Waals surface area contributed by atoms with Crippen LogP contribution in [0.2, 0.25) is 0 Å². The van der Waals surface area contributed by atoms with Crippen LogP contribution in [0.25, 0.3) is 0 Å². The SMILES string of the molecule is CC[C@@H](C)c1cc(OC)c(C[C@H](C)N)cc1OC. The molecule has 1 rings (SSSR count). The first-order chi connectivity index (χ1) is 8.53. The Morgan fingerprint density at radius 2 is 1.72 bits per heavy atom. The molecule has 0 spiro atoms. The van der Waals surface area contributed by atoms with Crippen molar-refractivity contribution in [3.8, 4) is 11.5 Å². The largest absolute Gasteiger partial charge is 0.496 e. The van der Waals surface area contributed by atoms with Gasteiger partial charge in [0.1, 0.15) is 11.5 Å². The average molecular weight is 251 g/mol. The first-order valence-corrected chi connectivity index (χ1v) is 6.53. The molecule has 1 aromatic rings. The van der Waals surface area contributed by atoms with Crippen molar-refractivity contribution in [3.63, 3.8) is 0 Å². The average Bonchev–Trinajstić information content (AvgIpc) is 2.36. The zero-order valence-corrected chi connectivity index (χ0v) is 12.1. The quantitative estimate of drug-likeness (QED) is 0.845. The number of nitrogens with two attached hydrogens (primary N) is 1. The second kappa shape index (κ2) is 6.64. The number of hydrogen-bond acceptors (Lipinski definition) is 3. The van der Waals surface area contributed by atoms with E-state index in [2.05, 4.69) is 26.0 Å². The third kappa shape index (κ3) is 3.39. The molecular weight excluding hydrogens is 226 g/mol. The van der Waals surface area contributed by atoms with Crippen molar-refractivity contribution in [1.29, 1.82) is 0 Å². The van der Waals surface area contributed by atoms with Gasteiger partial charge < -0.3 is 15.2 Å². The third-order valence-corrected chi connectivity index (χ3v) is 3.32. The topological polar surface area (TPSA) is 44.5 Å². The van der Waals surface area contributed by atoms with Crippen molar-refractivity contribution in [3.05, 3.63) is 23.3 Å². The summed E-state index contributed by atoms with van der Waals surface area (Å²) in [6.07, 6.45) is 1.87. The van der Waals surface area contributed by atoms with Crippen LogP contribution in [0, 0.1) is 0 Å². The summed E-state index contributed by atoms with van der Waals surface area (Å²) < 4.78 is 11.0.